The fraction of sp³-hybridized carbons (Fsp3) is 0.167. The van der Waals surface area contributed by atoms with Crippen LogP contribution in [0.2, 0.25) is 0 Å². The van der Waals surface area contributed by atoms with Crippen molar-refractivity contribution in [3.8, 4) is 22.3 Å². The van der Waals surface area contributed by atoms with Crippen molar-refractivity contribution in [2.75, 3.05) is 0 Å². The molecule has 0 saturated carbocycles. The highest BCUT2D eigenvalue weighted by molar-refractivity contribution is 5.99. The van der Waals surface area contributed by atoms with Crippen LogP contribution in [0.1, 0.15) is 59.9 Å². The average Bonchev–Trinajstić information content (AvgIpc) is 3.50. The zero-order valence-electron chi connectivity index (χ0n) is 20.8. The molecule has 2 aliphatic rings. The number of rotatable bonds is 5. The summed E-state index contributed by atoms with van der Waals surface area (Å²) >= 11 is 0. The molecule has 174 valence electrons. The number of unbranched alkanes of at least 4 members (excludes halogenated alkanes) is 1. The van der Waals surface area contributed by atoms with E-state index < -0.39 is 0 Å². The van der Waals surface area contributed by atoms with Crippen LogP contribution in [0.15, 0.2) is 109 Å². The van der Waals surface area contributed by atoms with E-state index in [9.17, 15) is 0 Å². The Hall–Kier alpha value is -3.90. The van der Waals surface area contributed by atoms with Crippen molar-refractivity contribution in [2.45, 2.75) is 38.5 Å². The molecule has 0 nitrogen and oxygen atoms in total. The molecule has 0 fully saturated rings. The maximum absolute atomic E-state index is 2.54. The molecule has 0 amide bonds. The third-order valence-electron chi connectivity index (χ3n) is 8.25. The van der Waals surface area contributed by atoms with Crippen LogP contribution < -0.4 is 0 Å². The highest BCUT2D eigenvalue weighted by Crippen LogP contribution is 2.50. The first-order valence-electron chi connectivity index (χ1n) is 13.3. The molecule has 0 radical (unpaired) electrons. The summed E-state index contributed by atoms with van der Waals surface area (Å²) in [5.74, 6) is 0.339. The highest BCUT2D eigenvalue weighted by Gasteiger charge is 2.32. The minimum absolute atomic E-state index is 0.339. The molecule has 5 aromatic rings. The average molecular weight is 463 g/mol. The molecule has 0 aromatic heterocycles. The highest BCUT2D eigenvalue weighted by atomic mass is 14.4. The number of benzene rings is 5. The van der Waals surface area contributed by atoms with E-state index in [1.54, 1.807) is 5.57 Å². The molecular weight excluding hydrogens is 432 g/mol. The van der Waals surface area contributed by atoms with Crippen molar-refractivity contribution in [3.05, 3.63) is 137 Å². The van der Waals surface area contributed by atoms with Crippen LogP contribution in [0.25, 0.3) is 39.1 Å². The summed E-state index contributed by atoms with van der Waals surface area (Å²) in [4.78, 5) is 0. The fourth-order valence-electron chi connectivity index (χ4n) is 6.58. The van der Waals surface area contributed by atoms with E-state index >= 15 is 0 Å². The molecule has 7 rings (SSSR count). The van der Waals surface area contributed by atoms with Gasteiger partial charge in [0.1, 0.15) is 0 Å². The molecule has 1 atom stereocenters. The molecule has 0 spiro atoms. The molecule has 0 bridgehead atoms. The zero-order valence-corrected chi connectivity index (χ0v) is 20.8. The monoisotopic (exact) mass is 462 g/mol. The second-order valence-electron chi connectivity index (χ2n) is 10.3. The normalized spacial score (nSPS) is 15.5. The SMILES string of the molecule is CCCCC1=Cc2c(-c3cccc4ccccc34)cccc2C1c1cccc2c1Cc1ccccc1-2. The molecule has 0 heterocycles. The van der Waals surface area contributed by atoms with E-state index in [1.807, 2.05) is 0 Å². The molecule has 0 aliphatic heterocycles. The second-order valence-corrected chi connectivity index (χ2v) is 10.3. The van der Waals surface area contributed by atoms with Crippen LogP contribution >= 0.6 is 0 Å². The van der Waals surface area contributed by atoms with Crippen LogP contribution in [-0.4, -0.2) is 0 Å². The van der Waals surface area contributed by atoms with Crippen molar-refractivity contribution in [1.82, 2.24) is 0 Å². The summed E-state index contributed by atoms with van der Waals surface area (Å²) < 4.78 is 0. The summed E-state index contributed by atoms with van der Waals surface area (Å²) in [7, 11) is 0. The first-order valence-corrected chi connectivity index (χ1v) is 13.3. The number of hydrogen-bond acceptors (Lipinski definition) is 0. The van der Waals surface area contributed by atoms with E-state index in [4.69, 9.17) is 0 Å². The van der Waals surface area contributed by atoms with Crippen LogP contribution in [0.3, 0.4) is 0 Å². The van der Waals surface area contributed by atoms with Gasteiger partial charge in [-0.25, -0.2) is 0 Å². The maximum atomic E-state index is 2.54. The van der Waals surface area contributed by atoms with Crippen molar-refractivity contribution in [2.24, 2.45) is 0 Å². The summed E-state index contributed by atoms with van der Waals surface area (Å²) in [6.45, 7) is 2.30. The molecule has 1 unspecified atom stereocenters. The van der Waals surface area contributed by atoms with Crippen molar-refractivity contribution < 1.29 is 0 Å². The van der Waals surface area contributed by atoms with Gasteiger partial charge in [-0.1, -0.05) is 128 Å². The minimum Gasteiger partial charge on any atom is -0.0654 e. The third kappa shape index (κ3) is 3.28. The number of hydrogen-bond donors (Lipinski definition) is 0. The van der Waals surface area contributed by atoms with E-state index in [2.05, 4.69) is 116 Å². The van der Waals surface area contributed by atoms with Crippen molar-refractivity contribution in [1.29, 1.82) is 0 Å². The smallest absolute Gasteiger partial charge is 0.0311 e. The molecule has 0 N–H and O–H groups in total. The van der Waals surface area contributed by atoms with Gasteiger partial charge in [0.15, 0.2) is 0 Å². The Morgan fingerprint density at radius 3 is 2.25 bits per heavy atom. The Morgan fingerprint density at radius 1 is 0.639 bits per heavy atom. The molecular formula is C36H30. The fourth-order valence-corrected chi connectivity index (χ4v) is 6.58. The Balaban J connectivity index is 1.42. The quantitative estimate of drug-likeness (QED) is 0.239. The van der Waals surface area contributed by atoms with E-state index in [0.717, 1.165) is 12.8 Å². The molecule has 2 aliphatic carbocycles. The number of allylic oxidation sites excluding steroid dienone is 1. The van der Waals surface area contributed by atoms with Crippen molar-refractivity contribution >= 4 is 16.8 Å². The summed E-state index contributed by atoms with van der Waals surface area (Å²) in [5.41, 5.74) is 14.5. The van der Waals surface area contributed by atoms with Crippen LogP contribution in [0, 0.1) is 0 Å². The van der Waals surface area contributed by atoms with E-state index in [-0.39, 0.29) is 0 Å². The Bertz CT molecular complexity index is 1640. The topological polar surface area (TPSA) is 0 Å². The lowest BCUT2D eigenvalue weighted by atomic mass is 9.82. The maximum Gasteiger partial charge on any atom is 0.0311 e. The van der Waals surface area contributed by atoms with Crippen LogP contribution in [0.5, 0.6) is 0 Å². The Morgan fingerprint density at radius 2 is 1.33 bits per heavy atom. The molecule has 36 heavy (non-hydrogen) atoms. The van der Waals surface area contributed by atoms with Gasteiger partial charge in [-0.3, -0.25) is 0 Å². The van der Waals surface area contributed by atoms with Crippen molar-refractivity contribution in [3.63, 3.8) is 0 Å². The molecule has 5 aromatic carbocycles. The first-order chi connectivity index (χ1) is 17.8. The third-order valence-corrected chi connectivity index (χ3v) is 8.25. The largest absolute Gasteiger partial charge is 0.0654 e. The van der Waals surface area contributed by atoms with Gasteiger partial charge in [-0.15, -0.1) is 0 Å². The van der Waals surface area contributed by atoms with Crippen LogP contribution in [0.4, 0.5) is 0 Å². The standard InChI is InChI=1S/C36H30/c1-2-3-11-26-23-35-31(29-17-8-14-24-12-4-6-15-27(24)29)19-10-21-33(35)36(26)32-20-9-18-30-28-16-7-5-13-25(28)22-34(30)32/h4-10,12-21,23,36H,2-3,11,22H2,1H3. The lowest BCUT2D eigenvalue weighted by Crippen LogP contribution is -2.05. The Labute approximate surface area is 214 Å². The lowest BCUT2D eigenvalue weighted by molar-refractivity contribution is 0.753. The minimum atomic E-state index is 0.339. The lowest BCUT2D eigenvalue weighted by Gasteiger charge is -2.21. The Kier molecular flexibility index (Phi) is 5.13. The van der Waals surface area contributed by atoms with Gasteiger partial charge in [0.2, 0.25) is 0 Å². The van der Waals surface area contributed by atoms with E-state index in [0.29, 0.717) is 5.92 Å². The summed E-state index contributed by atoms with van der Waals surface area (Å²) in [5, 5.41) is 2.63. The van der Waals surface area contributed by atoms with Gasteiger partial charge in [0, 0.05) is 5.92 Å². The summed E-state index contributed by atoms with van der Waals surface area (Å²) in [6, 6.07) is 38.4. The second kappa shape index (κ2) is 8.64. The predicted molar refractivity (Wildman–Crippen MR) is 153 cm³/mol. The molecule has 0 saturated heterocycles. The number of fused-ring (bicyclic) bond motifs is 5. The van der Waals surface area contributed by atoms with E-state index in [1.165, 1.54) is 73.7 Å². The van der Waals surface area contributed by atoms with Crippen LogP contribution in [-0.2, 0) is 6.42 Å². The van der Waals surface area contributed by atoms with Gasteiger partial charge < -0.3 is 0 Å². The predicted octanol–water partition coefficient (Wildman–Crippen LogP) is 9.80. The summed E-state index contributed by atoms with van der Waals surface area (Å²) in [6.07, 6.45) is 7.18. The molecule has 0 heteroatoms. The van der Waals surface area contributed by atoms with Gasteiger partial charge in [-0.05, 0) is 80.1 Å². The van der Waals surface area contributed by atoms with Gasteiger partial charge >= 0.3 is 0 Å². The first kappa shape index (κ1) is 21.4. The van der Waals surface area contributed by atoms with Gasteiger partial charge in [-0.2, -0.15) is 0 Å². The van der Waals surface area contributed by atoms with Gasteiger partial charge in [0.25, 0.3) is 0 Å². The van der Waals surface area contributed by atoms with Gasteiger partial charge in [0.05, 0.1) is 0 Å². The zero-order chi connectivity index (χ0) is 24.1.